The molecule has 0 atom stereocenters. The predicted molar refractivity (Wildman–Crippen MR) is 98.1 cm³/mol. The molecule has 0 unspecified atom stereocenters. The molecule has 26 heavy (non-hydrogen) atoms. The van der Waals surface area contributed by atoms with E-state index in [0.29, 0.717) is 23.0 Å². The summed E-state index contributed by atoms with van der Waals surface area (Å²) < 4.78 is 9.05. The molecule has 3 aromatic rings. The first-order valence-electron chi connectivity index (χ1n) is 8.28. The number of halogens is 1. The summed E-state index contributed by atoms with van der Waals surface area (Å²) in [6.45, 7) is 5.36. The highest BCUT2D eigenvalue weighted by atomic mass is 35.5. The summed E-state index contributed by atoms with van der Waals surface area (Å²) in [6, 6.07) is 8.67. The highest BCUT2D eigenvalue weighted by Gasteiger charge is 2.13. The molecular weight excluding hydrogens is 354 g/mol. The minimum absolute atomic E-state index is 0.129. The number of aromatic nitrogens is 4. The lowest BCUT2D eigenvalue weighted by Gasteiger charge is -2.10. The third-order valence-corrected chi connectivity index (χ3v) is 4.31. The van der Waals surface area contributed by atoms with Gasteiger partial charge in [0.25, 0.3) is 5.91 Å². The van der Waals surface area contributed by atoms with Gasteiger partial charge in [0.1, 0.15) is 11.4 Å². The summed E-state index contributed by atoms with van der Waals surface area (Å²) in [5.41, 5.74) is 2.47. The molecule has 0 aliphatic carbocycles. The lowest BCUT2D eigenvalue weighted by atomic mass is 10.2. The molecule has 2 heterocycles. The van der Waals surface area contributed by atoms with E-state index in [0.717, 1.165) is 17.8 Å². The molecule has 0 spiro atoms. The van der Waals surface area contributed by atoms with Gasteiger partial charge in [0.2, 0.25) is 0 Å². The van der Waals surface area contributed by atoms with Crippen LogP contribution in [0.15, 0.2) is 42.7 Å². The Morgan fingerprint density at radius 1 is 1.19 bits per heavy atom. The van der Waals surface area contributed by atoms with E-state index < -0.39 is 0 Å². The molecule has 0 aliphatic heterocycles. The highest BCUT2D eigenvalue weighted by Crippen LogP contribution is 2.16. The number of aryl methyl sites for hydroxylation is 1. The number of carbonyl (C=O) groups is 1. The lowest BCUT2D eigenvalue weighted by molar-refractivity contribution is 0.0929. The van der Waals surface area contributed by atoms with E-state index in [1.807, 2.05) is 18.5 Å². The van der Waals surface area contributed by atoms with E-state index in [2.05, 4.69) is 15.5 Å². The van der Waals surface area contributed by atoms with Gasteiger partial charge in [-0.05, 0) is 44.2 Å². The van der Waals surface area contributed by atoms with Crippen LogP contribution in [0.3, 0.4) is 0 Å². The standard InChI is InChI=1S/C18H20ClN5O2/c1-3-23-13(2)14(11-22-23)10-20-18(25)17-8-9-21-24(17)12-26-16-6-4-15(19)5-7-16/h4-9,11H,3,10,12H2,1-2H3,(H,20,25). The van der Waals surface area contributed by atoms with E-state index >= 15 is 0 Å². The topological polar surface area (TPSA) is 74.0 Å². The number of nitrogens with one attached hydrogen (secondary N) is 1. The molecule has 0 saturated carbocycles. The van der Waals surface area contributed by atoms with Crippen molar-refractivity contribution >= 4 is 17.5 Å². The molecule has 8 heteroatoms. The van der Waals surface area contributed by atoms with Crippen LogP contribution in [0.25, 0.3) is 0 Å². The number of hydrogen-bond donors (Lipinski definition) is 1. The molecular formula is C18H20ClN5O2. The quantitative estimate of drug-likeness (QED) is 0.690. The van der Waals surface area contributed by atoms with Gasteiger partial charge in [-0.2, -0.15) is 10.2 Å². The molecule has 7 nitrogen and oxygen atoms in total. The third kappa shape index (κ3) is 4.05. The van der Waals surface area contributed by atoms with Gasteiger partial charge in [-0.25, -0.2) is 4.68 Å². The van der Waals surface area contributed by atoms with Crippen molar-refractivity contribution in [1.29, 1.82) is 0 Å². The van der Waals surface area contributed by atoms with E-state index in [9.17, 15) is 4.79 Å². The average molecular weight is 374 g/mol. The van der Waals surface area contributed by atoms with Crippen LogP contribution in [-0.4, -0.2) is 25.5 Å². The Morgan fingerprint density at radius 2 is 1.96 bits per heavy atom. The number of carbonyl (C=O) groups excluding carboxylic acids is 1. The predicted octanol–water partition coefficient (Wildman–Crippen LogP) is 3.03. The second-order valence-corrected chi connectivity index (χ2v) is 6.13. The van der Waals surface area contributed by atoms with Crippen LogP contribution in [0.1, 0.15) is 28.7 Å². The van der Waals surface area contributed by atoms with Crippen LogP contribution in [0.4, 0.5) is 0 Å². The molecule has 1 N–H and O–H groups in total. The maximum atomic E-state index is 12.5. The fourth-order valence-electron chi connectivity index (χ4n) is 2.54. The van der Waals surface area contributed by atoms with Crippen molar-refractivity contribution in [2.24, 2.45) is 0 Å². The molecule has 0 aliphatic rings. The summed E-state index contributed by atoms with van der Waals surface area (Å²) in [7, 11) is 0. The van der Waals surface area contributed by atoms with E-state index in [4.69, 9.17) is 16.3 Å². The Kier molecular flexibility index (Phi) is 5.58. The first-order chi connectivity index (χ1) is 12.6. The SMILES string of the molecule is CCn1ncc(CNC(=O)c2ccnn2COc2ccc(Cl)cc2)c1C. The third-order valence-electron chi connectivity index (χ3n) is 4.06. The first-order valence-corrected chi connectivity index (χ1v) is 8.66. The Bertz CT molecular complexity index is 885. The van der Waals surface area contributed by atoms with Gasteiger partial charge >= 0.3 is 0 Å². The highest BCUT2D eigenvalue weighted by molar-refractivity contribution is 6.30. The largest absolute Gasteiger partial charge is 0.471 e. The first kappa shape index (κ1) is 18.0. The molecule has 0 fully saturated rings. The van der Waals surface area contributed by atoms with Gasteiger partial charge < -0.3 is 10.1 Å². The van der Waals surface area contributed by atoms with E-state index in [1.165, 1.54) is 4.68 Å². The van der Waals surface area contributed by atoms with Crippen LogP contribution in [0, 0.1) is 6.92 Å². The van der Waals surface area contributed by atoms with Crippen molar-refractivity contribution < 1.29 is 9.53 Å². The summed E-state index contributed by atoms with van der Waals surface area (Å²) in [5, 5.41) is 12.0. The zero-order chi connectivity index (χ0) is 18.5. The maximum Gasteiger partial charge on any atom is 0.269 e. The summed E-state index contributed by atoms with van der Waals surface area (Å²) in [5.74, 6) is 0.435. The van der Waals surface area contributed by atoms with Crippen molar-refractivity contribution in [2.45, 2.75) is 33.7 Å². The number of nitrogens with zero attached hydrogens (tertiary/aromatic N) is 4. The number of amides is 1. The summed E-state index contributed by atoms with van der Waals surface area (Å²) >= 11 is 5.85. The number of benzene rings is 1. The molecule has 1 amide bonds. The minimum Gasteiger partial charge on any atom is -0.471 e. The average Bonchev–Trinajstić information content (AvgIpc) is 3.25. The van der Waals surface area contributed by atoms with E-state index in [-0.39, 0.29) is 12.6 Å². The van der Waals surface area contributed by atoms with Gasteiger partial charge in [0.15, 0.2) is 6.73 Å². The van der Waals surface area contributed by atoms with Crippen LogP contribution >= 0.6 is 11.6 Å². The fraction of sp³-hybridized carbons (Fsp3) is 0.278. The zero-order valence-electron chi connectivity index (χ0n) is 14.6. The molecule has 0 bridgehead atoms. The number of rotatable bonds is 7. The normalized spacial score (nSPS) is 10.7. The molecule has 0 saturated heterocycles. The maximum absolute atomic E-state index is 12.5. The summed E-state index contributed by atoms with van der Waals surface area (Å²) in [4.78, 5) is 12.5. The van der Waals surface area contributed by atoms with Crippen molar-refractivity contribution in [3.05, 3.63) is 64.7 Å². The Hall–Kier alpha value is -2.80. The Morgan fingerprint density at radius 3 is 2.65 bits per heavy atom. The van der Waals surface area contributed by atoms with Gasteiger partial charge in [0.05, 0.1) is 6.20 Å². The van der Waals surface area contributed by atoms with Crippen molar-refractivity contribution in [3.8, 4) is 5.75 Å². The van der Waals surface area contributed by atoms with Crippen LogP contribution in [0.5, 0.6) is 5.75 Å². The van der Waals surface area contributed by atoms with Crippen molar-refractivity contribution in [3.63, 3.8) is 0 Å². The molecule has 3 rings (SSSR count). The zero-order valence-corrected chi connectivity index (χ0v) is 15.4. The second-order valence-electron chi connectivity index (χ2n) is 5.70. The monoisotopic (exact) mass is 373 g/mol. The van der Waals surface area contributed by atoms with Gasteiger partial charge in [-0.15, -0.1) is 0 Å². The minimum atomic E-state index is -0.217. The second kappa shape index (κ2) is 8.05. The van der Waals surface area contributed by atoms with Gasteiger partial charge in [0, 0.05) is 35.6 Å². The Labute approximate surface area is 156 Å². The lowest BCUT2D eigenvalue weighted by Crippen LogP contribution is -2.26. The Balaban J connectivity index is 1.60. The number of ether oxygens (including phenoxy) is 1. The van der Waals surface area contributed by atoms with Crippen LogP contribution < -0.4 is 10.1 Å². The smallest absolute Gasteiger partial charge is 0.269 e. The van der Waals surface area contributed by atoms with Gasteiger partial charge in [-0.1, -0.05) is 11.6 Å². The molecule has 1 aromatic carbocycles. The molecule has 136 valence electrons. The molecule has 0 radical (unpaired) electrons. The van der Waals surface area contributed by atoms with Crippen LogP contribution in [-0.2, 0) is 19.8 Å². The fourth-order valence-corrected chi connectivity index (χ4v) is 2.66. The molecule has 2 aromatic heterocycles. The van der Waals surface area contributed by atoms with Crippen LogP contribution in [0.2, 0.25) is 5.02 Å². The van der Waals surface area contributed by atoms with E-state index in [1.54, 1.807) is 42.7 Å². The number of hydrogen-bond acceptors (Lipinski definition) is 4. The summed E-state index contributed by atoms with van der Waals surface area (Å²) in [6.07, 6.45) is 3.35. The van der Waals surface area contributed by atoms with Crippen molar-refractivity contribution in [2.75, 3.05) is 0 Å². The van der Waals surface area contributed by atoms with Crippen molar-refractivity contribution in [1.82, 2.24) is 24.9 Å². The van der Waals surface area contributed by atoms with Gasteiger partial charge in [-0.3, -0.25) is 9.48 Å².